The SMILES string of the molecule is CCCCCCCCCCCCC=CCCCCC(=O)OC[C@H](COP(=O)(O)OC[C@@H](O)[C@@H](O)[C@H](O)[C@H](O)CO)OC(=O)CCCC/C=C\CCCCCCCCCCCC. The molecule has 14 heteroatoms. The van der Waals surface area contributed by atoms with E-state index >= 15 is 0 Å². The summed E-state index contributed by atoms with van der Waals surface area (Å²) in [5.41, 5.74) is 0. The van der Waals surface area contributed by atoms with Crippen molar-refractivity contribution in [3.63, 3.8) is 0 Å². The number of carbonyl (C=O) groups excluding carboxylic acids is 2. The van der Waals surface area contributed by atoms with Gasteiger partial charge in [0.2, 0.25) is 0 Å². The van der Waals surface area contributed by atoms with Gasteiger partial charge in [0.1, 0.15) is 31.0 Å². The molecule has 1 unspecified atom stereocenters. The fourth-order valence-corrected chi connectivity index (χ4v) is 7.47. The monoisotopic (exact) mass is 893 g/mol. The minimum absolute atomic E-state index is 0.0861. The van der Waals surface area contributed by atoms with Crippen LogP contribution in [0.1, 0.15) is 206 Å². The molecule has 0 aromatic rings. The van der Waals surface area contributed by atoms with E-state index in [-0.39, 0.29) is 12.8 Å². The van der Waals surface area contributed by atoms with E-state index in [0.717, 1.165) is 38.5 Å². The molecule has 0 saturated carbocycles. The van der Waals surface area contributed by atoms with Gasteiger partial charge in [-0.2, -0.15) is 0 Å². The van der Waals surface area contributed by atoms with Gasteiger partial charge in [0, 0.05) is 12.8 Å². The Balaban J connectivity index is 4.65. The van der Waals surface area contributed by atoms with Crippen LogP contribution in [0.5, 0.6) is 0 Å². The van der Waals surface area contributed by atoms with Gasteiger partial charge in [-0.1, -0.05) is 154 Å². The zero-order valence-corrected chi connectivity index (χ0v) is 39.1. The lowest BCUT2D eigenvalue weighted by Gasteiger charge is -2.26. The van der Waals surface area contributed by atoms with Crippen LogP contribution in [0.3, 0.4) is 0 Å². The largest absolute Gasteiger partial charge is 0.472 e. The quantitative estimate of drug-likeness (QED) is 0.0146. The van der Waals surface area contributed by atoms with Crippen molar-refractivity contribution in [2.45, 2.75) is 237 Å². The second-order valence-electron chi connectivity index (χ2n) is 16.5. The molecule has 0 heterocycles. The molecule has 0 fully saturated rings. The number of phosphoric ester groups is 1. The number of esters is 2. The molecule has 0 aliphatic heterocycles. The molecule has 0 aliphatic carbocycles. The van der Waals surface area contributed by atoms with E-state index in [1.54, 1.807) is 0 Å². The van der Waals surface area contributed by atoms with Gasteiger partial charge in [0.25, 0.3) is 0 Å². The number of hydrogen-bond donors (Lipinski definition) is 6. The van der Waals surface area contributed by atoms with Gasteiger partial charge < -0.3 is 39.9 Å². The van der Waals surface area contributed by atoms with Gasteiger partial charge in [-0.05, 0) is 64.2 Å². The molecule has 0 amide bonds. The second kappa shape index (κ2) is 42.3. The van der Waals surface area contributed by atoms with Crippen LogP contribution < -0.4 is 0 Å². The molecule has 0 rings (SSSR count). The maximum absolute atomic E-state index is 12.7. The molecular formula is C47H89O13P. The number of aliphatic hydroxyl groups excluding tert-OH is 5. The number of hydrogen-bond acceptors (Lipinski definition) is 12. The molecule has 6 atom stereocenters. The second-order valence-corrected chi connectivity index (χ2v) is 18.0. The normalized spacial score (nSPS) is 15.5. The van der Waals surface area contributed by atoms with Crippen LogP contribution in [0.25, 0.3) is 0 Å². The smallest absolute Gasteiger partial charge is 0.462 e. The van der Waals surface area contributed by atoms with Gasteiger partial charge in [-0.15, -0.1) is 0 Å². The Kier molecular flexibility index (Phi) is 41.1. The Morgan fingerprint density at radius 3 is 1.28 bits per heavy atom. The number of rotatable bonds is 45. The Morgan fingerprint density at radius 2 is 0.852 bits per heavy atom. The molecule has 0 bridgehead atoms. The highest BCUT2D eigenvalue weighted by molar-refractivity contribution is 7.47. The van der Waals surface area contributed by atoms with Crippen LogP contribution in [-0.4, -0.2) is 99.3 Å². The predicted octanol–water partition coefficient (Wildman–Crippen LogP) is 9.87. The van der Waals surface area contributed by atoms with Crippen LogP contribution in [0.2, 0.25) is 0 Å². The lowest BCUT2D eigenvalue weighted by atomic mass is 10.0. The fraction of sp³-hybridized carbons (Fsp3) is 0.872. The third-order valence-electron chi connectivity index (χ3n) is 10.7. The summed E-state index contributed by atoms with van der Waals surface area (Å²) in [6.45, 7) is 1.51. The van der Waals surface area contributed by atoms with Crippen LogP contribution in [0.4, 0.5) is 0 Å². The van der Waals surface area contributed by atoms with Crippen LogP contribution in [0, 0.1) is 0 Å². The highest BCUT2D eigenvalue weighted by atomic mass is 31.2. The first-order valence-corrected chi connectivity index (χ1v) is 25.6. The van der Waals surface area contributed by atoms with Gasteiger partial charge >= 0.3 is 19.8 Å². The summed E-state index contributed by atoms with van der Waals surface area (Å²) in [7, 11) is -4.90. The molecule has 0 aromatic carbocycles. The van der Waals surface area contributed by atoms with Crippen LogP contribution in [-0.2, 0) is 32.7 Å². The molecule has 0 radical (unpaired) electrons. The van der Waals surface area contributed by atoms with Gasteiger partial charge in [0.15, 0.2) is 6.10 Å². The first-order valence-electron chi connectivity index (χ1n) is 24.1. The summed E-state index contributed by atoms with van der Waals surface area (Å²) in [4.78, 5) is 35.4. The minimum Gasteiger partial charge on any atom is -0.462 e. The molecule has 13 nitrogen and oxygen atoms in total. The average Bonchev–Trinajstić information content (AvgIpc) is 3.25. The van der Waals surface area contributed by atoms with Crippen molar-refractivity contribution in [1.82, 2.24) is 0 Å². The van der Waals surface area contributed by atoms with Crippen molar-refractivity contribution in [3.8, 4) is 0 Å². The third-order valence-corrected chi connectivity index (χ3v) is 11.6. The van der Waals surface area contributed by atoms with Gasteiger partial charge in [-0.25, -0.2) is 4.57 Å². The first-order chi connectivity index (χ1) is 29.5. The number of carbonyl (C=O) groups is 2. The summed E-state index contributed by atoms with van der Waals surface area (Å²) in [5.74, 6) is -1.10. The summed E-state index contributed by atoms with van der Waals surface area (Å²) >= 11 is 0. The van der Waals surface area contributed by atoms with Gasteiger partial charge in [0.05, 0.1) is 19.8 Å². The van der Waals surface area contributed by atoms with Crippen molar-refractivity contribution in [1.29, 1.82) is 0 Å². The lowest BCUT2D eigenvalue weighted by Crippen LogP contribution is -2.47. The Labute approximate surface area is 369 Å². The highest BCUT2D eigenvalue weighted by Gasteiger charge is 2.33. The molecule has 0 spiro atoms. The minimum atomic E-state index is -4.90. The number of aliphatic hydroxyl groups is 5. The molecule has 0 aliphatic rings. The number of ether oxygens (including phenoxy) is 2. The van der Waals surface area contributed by atoms with E-state index in [1.807, 2.05) is 0 Å². The maximum Gasteiger partial charge on any atom is 0.472 e. The molecular weight excluding hydrogens is 803 g/mol. The first kappa shape index (κ1) is 59.3. The number of unbranched alkanes of at least 4 members (excludes halogenated alkanes) is 24. The fourth-order valence-electron chi connectivity index (χ4n) is 6.70. The Bertz CT molecular complexity index is 1120. The van der Waals surface area contributed by atoms with Crippen molar-refractivity contribution >= 4 is 19.8 Å². The zero-order valence-electron chi connectivity index (χ0n) is 38.2. The molecule has 0 aromatic heterocycles. The summed E-state index contributed by atoms with van der Waals surface area (Å²) < 4.78 is 33.0. The Morgan fingerprint density at radius 1 is 0.492 bits per heavy atom. The van der Waals surface area contributed by atoms with E-state index < -0.39 is 76.7 Å². The number of phosphoric acid groups is 1. The maximum atomic E-state index is 12.7. The highest BCUT2D eigenvalue weighted by Crippen LogP contribution is 2.43. The van der Waals surface area contributed by atoms with Gasteiger partial charge in [-0.3, -0.25) is 18.6 Å². The van der Waals surface area contributed by atoms with Crippen molar-refractivity contribution in [2.24, 2.45) is 0 Å². The van der Waals surface area contributed by atoms with E-state index in [1.165, 1.54) is 128 Å². The summed E-state index contributed by atoms with van der Waals surface area (Å²) in [6.07, 6.45) is 32.7. The van der Waals surface area contributed by atoms with E-state index in [4.69, 9.17) is 23.6 Å². The van der Waals surface area contributed by atoms with Crippen molar-refractivity contribution in [3.05, 3.63) is 24.3 Å². The number of allylic oxidation sites excluding steroid dienone is 4. The van der Waals surface area contributed by atoms with Crippen molar-refractivity contribution < 1.29 is 63.1 Å². The van der Waals surface area contributed by atoms with E-state index in [0.29, 0.717) is 12.8 Å². The average molecular weight is 893 g/mol. The van der Waals surface area contributed by atoms with Crippen LogP contribution in [0.15, 0.2) is 24.3 Å². The summed E-state index contributed by atoms with van der Waals surface area (Å²) in [6, 6.07) is 0. The van der Waals surface area contributed by atoms with Crippen molar-refractivity contribution in [2.75, 3.05) is 26.4 Å². The third kappa shape index (κ3) is 38.5. The van der Waals surface area contributed by atoms with E-state index in [2.05, 4.69) is 38.2 Å². The van der Waals surface area contributed by atoms with Crippen LogP contribution >= 0.6 is 7.82 Å². The summed E-state index contributed by atoms with van der Waals surface area (Å²) in [5, 5.41) is 48.2. The molecule has 0 saturated heterocycles. The topological polar surface area (TPSA) is 210 Å². The Hall–Kier alpha value is -1.67. The standard InChI is InChI=1S/C47H89O13P/c1-3-5-7-9-11-13-15-17-19-21-23-25-27-29-31-33-35-44(51)57-38-41(39-58-61(55,56)59-40-43(50)47(54)46(53)42(49)37-48)60-45(52)36-34-32-30-28-26-24-22-20-18-16-14-12-10-8-6-4-2/h25-28,41-43,46-50,53-54H,3-24,29-40H2,1-2H3,(H,55,56)/b27-25?,28-26-/t41-,42-,43-,46-,47-/m1/s1. The predicted molar refractivity (Wildman–Crippen MR) is 242 cm³/mol. The molecule has 360 valence electrons. The molecule has 6 N–H and O–H groups in total. The zero-order chi connectivity index (χ0) is 45.2. The lowest BCUT2D eigenvalue weighted by molar-refractivity contribution is -0.161. The molecule has 61 heavy (non-hydrogen) atoms. The van der Waals surface area contributed by atoms with E-state index in [9.17, 15) is 39.5 Å².